The van der Waals surface area contributed by atoms with Crippen molar-refractivity contribution in [1.29, 1.82) is 0 Å². The van der Waals surface area contributed by atoms with Gasteiger partial charge < -0.3 is 14.1 Å². The average Bonchev–Trinajstić information content (AvgIpc) is 3.20. The molecule has 3 heterocycles. The van der Waals surface area contributed by atoms with Gasteiger partial charge in [0.1, 0.15) is 17.7 Å². The SMILES string of the molecule is CCn1ccnc1CN1CCN(C[C@H](O)c2ccco2)CC1. The minimum atomic E-state index is -0.541. The van der Waals surface area contributed by atoms with Gasteiger partial charge in [-0.3, -0.25) is 9.80 Å². The average molecular weight is 304 g/mol. The fourth-order valence-electron chi connectivity index (χ4n) is 2.93. The molecule has 0 aromatic carbocycles. The number of nitrogens with zero attached hydrogens (tertiary/aromatic N) is 4. The van der Waals surface area contributed by atoms with Gasteiger partial charge in [-0.25, -0.2) is 4.98 Å². The molecular weight excluding hydrogens is 280 g/mol. The lowest BCUT2D eigenvalue weighted by Gasteiger charge is -2.35. The van der Waals surface area contributed by atoms with Crippen molar-refractivity contribution in [1.82, 2.24) is 19.4 Å². The fraction of sp³-hybridized carbons (Fsp3) is 0.562. The Labute approximate surface area is 131 Å². The highest BCUT2D eigenvalue weighted by Gasteiger charge is 2.21. The summed E-state index contributed by atoms with van der Waals surface area (Å²) in [7, 11) is 0. The molecule has 6 heteroatoms. The van der Waals surface area contributed by atoms with Gasteiger partial charge in [0, 0.05) is 51.7 Å². The van der Waals surface area contributed by atoms with Crippen LogP contribution < -0.4 is 0 Å². The summed E-state index contributed by atoms with van der Waals surface area (Å²) >= 11 is 0. The maximum absolute atomic E-state index is 10.1. The van der Waals surface area contributed by atoms with Crippen molar-refractivity contribution in [2.75, 3.05) is 32.7 Å². The number of hydrogen-bond acceptors (Lipinski definition) is 5. The molecule has 22 heavy (non-hydrogen) atoms. The number of aromatic nitrogens is 2. The third kappa shape index (κ3) is 3.58. The number of furan rings is 1. The van der Waals surface area contributed by atoms with Gasteiger partial charge in [-0.15, -0.1) is 0 Å². The topological polar surface area (TPSA) is 57.7 Å². The predicted octanol–water partition coefficient (Wildman–Crippen LogP) is 1.35. The highest BCUT2D eigenvalue weighted by molar-refractivity contribution is 5.02. The minimum Gasteiger partial charge on any atom is -0.467 e. The van der Waals surface area contributed by atoms with E-state index in [0.717, 1.165) is 45.1 Å². The molecule has 0 aliphatic carbocycles. The van der Waals surface area contributed by atoms with Gasteiger partial charge in [0.05, 0.1) is 12.8 Å². The van der Waals surface area contributed by atoms with E-state index >= 15 is 0 Å². The highest BCUT2D eigenvalue weighted by Crippen LogP contribution is 2.16. The number of imidazole rings is 1. The highest BCUT2D eigenvalue weighted by atomic mass is 16.4. The summed E-state index contributed by atoms with van der Waals surface area (Å²) in [6, 6.07) is 3.64. The predicted molar refractivity (Wildman–Crippen MR) is 83.3 cm³/mol. The van der Waals surface area contributed by atoms with E-state index < -0.39 is 6.10 Å². The smallest absolute Gasteiger partial charge is 0.133 e. The van der Waals surface area contributed by atoms with Crippen LogP contribution in [-0.2, 0) is 13.1 Å². The van der Waals surface area contributed by atoms with Gasteiger partial charge in [0.15, 0.2) is 0 Å². The second-order valence-corrected chi connectivity index (χ2v) is 5.74. The molecule has 1 saturated heterocycles. The number of piperazine rings is 1. The first-order valence-electron chi connectivity index (χ1n) is 7.92. The lowest BCUT2D eigenvalue weighted by atomic mass is 10.2. The number of β-amino-alcohol motifs (C(OH)–C–C–N with tert-alkyl or cyclic N) is 1. The molecule has 6 nitrogen and oxygen atoms in total. The Hall–Kier alpha value is -1.63. The standard InChI is InChI=1S/C16H24N4O2/c1-2-20-6-5-17-16(20)13-19-9-7-18(8-10-19)12-14(21)15-4-3-11-22-15/h3-6,11,14,21H,2,7-10,12-13H2,1H3/t14-/m0/s1. The third-order valence-electron chi connectivity index (χ3n) is 4.28. The molecule has 3 rings (SSSR count). The Balaban J connectivity index is 1.46. The summed E-state index contributed by atoms with van der Waals surface area (Å²) in [5, 5.41) is 10.1. The van der Waals surface area contributed by atoms with Crippen molar-refractivity contribution in [2.24, 2.45) is 0 Å². The molecule has 0 spiro atoms. The largest absolute Gasteiger partial charge is 0.467 e. The van der Waals surface area contributed by atoms with Crippen LogP contribution in [0.25, 0.3) is 0 Å². The van der Waals surface area contributed by atoms with Crippen molar-refractivity contribution in [3.05, 3.63) is 42.4 Å². The first-order chi connectivity index (χ1) is 10.8. The zero-order valence-electron chi connectivity index (χ0n) is 13.1. The van der Waals surface area contributed by atoms with Gasteiger partial charge >= 0.3 is 0 Å². The second kappa shape index (κ2) is 7.09. The van der Waals surface area contributed by atoms with E-state index in [1.165, 1.54) is 0 Å². The van der Waals surface area contributed by atoms with E-state index in [1.54, 1.807) is 6.26 Å². The molecule has 0 saturated carbocycles. The summed E-state index contributed by atoms with van der Waals surface area (Å²) in [4.78, 5) is 9.15. The van der Waals surface area contributed by atoms with E-state index in [9.17, 15) is 5.11 Å². The number of hydrogen-bond donors (Lipinski definition) is 1. The van der Waals surface area contributed by atoms with E-state index in [2.05, 4.69) is 26.3 Å². The number of aryl methyl sites for hydroxylation is 1. The quantitative estimate of drug-likeness (QED) is 0.873. The Morgan fingerprint density at radius 2 is 2.05 bits per heavy atom. The molecule has 1 N–H and O–H groups in total. The minimum absolute atomic E-state index is 0.541. The van der Waals surface area contributed by atoms with Crippen LogP contribution in [0.5, 0.6) is 0 Å². The van der Waals surface area contributed by atoms with Crippen LogP contribution in [0.1, 0.15) is 24.6 Å². The molecular formula is C16H24N4O2. The summed E-state index contributed by atoms with van der Waals surface area (Å²) in [5.41, 5.74) is 0. The molecule has 1 fully saturated rings. The molecule has 120 valence electrons. The summed E-state index contributed by atoms with van der Waals surface area (Å²) in [6.07, 6.45) is 4.97. The number of rotatable bonds is 6. The number of aliphatic hydroxyl groups excluding tert-OH is 1. The maximum Gasteiger partial charge on any atom is 0.133 e. The molecule has 2 aromatic heterocycles. The number of aliphatic hydroxyl groups is 1. The molecule has 1 aliphatic heterocycles. The van der Waals surface area contributed by atoms with Crippen molar-refractivity contribution in [3.8, 4) is 0 Å². The zero-order valence-corrected chi connectivity index (χ0v) is 13.1. The van der Waals surface area contributed by atoms with E-state index in [1.807, 2.05) is 24.5 Å². The summed E-state index contributed by atoms with van der Waals surface area (Å²) < 4.78 is 7.44. The molecule has 0 radical (unpaired) electrons. The van der Waals surface area contributed by atoms with Gasteiger partial charge in [-0.1, -0.05) is 0 Å². The molecule has 2 aromatic rings. The van der Waals surface area contributed by atoms with E-state index in [-0.39, 0.29) is 0 Å². The van der Waals surface area contributed by atoms with Crippen molar-refractivity contribution in [2.45, 2.75) is 26.1 Å². The van der Waals surface area contributed by atoms with Gasteiger partial charge in [-0.05, 0) is 19.1 Å². The van der Waals surface area contributed by atoms with Crippen LogP contribution in [0.15, 0.2) is 35.2 Å². The van der Waals surface area contributed by atoms with Crippen LogP contribution in [-0.4, -0.2) is 57.2 Å². The summed E-state index contributed by atoms with van der Waals surface area (Å²) in [5.74, 6) is 1.78. The van der Waals surface area contributed by atoms with Gasteiger partial charge in [0.25, 0.3) is 0 Å². The van der Waals surface area contributed by atoms with Crippen LogP contribution in [0.2, 0.25) is 0 Å². The monoisotopic (exact) mass is 304 g/mol. The normalized spacial score (nSPS) is 18.6. The van der Waals surface area contributed by atoms with Crippen molar-refractivity contribution >= 4 is 0 Å². The Morgan fingerprint density at radius 1 is 1.27 bits per heavy atom. The zero-order chi connectivity index (χ0) is 15.4. The summed E-state index contributed by atoms with van der Waals surface area (Å²) in [6.45, 7) is 8.56. The van der Waals surface area contributed by atoms with Crippen molar-refractivity contribution in [3.63, 3.8) is 0 Å². The molecule has 0 amide bonds. The molecule has 1 atom stereocenters. The van der Waals surface area contributed by atoms with E-state index in [0.29, 0.717) is 12.3 Å². The maximum atomic E-state index is 10.1. The molecule has 0 unspecified atom stereocenters. The van der Waals surface area contributed by atoms with Crippen LogP contribution >= 0.6 is 0 Å². The first kappa shape index (κ1) is 15.3. The fourth-order valence-corrected chi connectivity index (χ4v) is 2.93. The third-order valence-corrected chi connectivity index (χ3v) is 4.28. The van der Waals surface area contributed by atoms with Crippen molar-refractivity contribution < 1.29 is 9.52 Å². The second-order valence-electron chi connectivity index (χ2n) is 5.74. The Morgan fingerprint density at radius 3 is 2.73 bits per heavy atom. The van der Waals surface area contributed by atoms with Crippen LogP contribution in [0, 0.1) is 0 Å². The van der Waals surface area contributed by atoms with Crippen LogP contribution in [0.4, 0.5) is 0 Å². The Bertz CT molecular complexity index is 558. The Kier molecular flexibility index (Phi) is 4.92. The lowest BCUT2D eigenvalue weighted by Crippen LogP contribution is -2.47. The lowest BCUT2D eigenvalue weighted by molar-refractivity contribution is 0.0588. The van der Waals surface area contributed by atoms with Gasteiger partial charge in [-0.2, -0.15) is 0 Å². The van der Waals surface area contributed by atoms with Gasteiger partial charge in [0.2, 0.25) is 0 Å². The molecule has 1 aliphatic rings. The first-order valence-corrected chi connectivity index (χ1v) is 7.92. The van der Waals surface area contributed by atoms with E-state index in [4.69, 9.17) is 4.42 Å². The molecule has 0 bridgehead atoms. The van der Waals surface area contributed by atoms with Crippen LogP contribution in [0.3, 0.4) is 0 Å².